The zero-order valence-electron chi connectivity index (χ0n) is 12.2. The maximum Gasteiger partial charge on any atom is 0.173 e. The molecule has 0 atom stereocenters. The minimum absolute atomic E-state index is 1.26. The van der Waals surface area contributed by atoms with E-state index in [0.29, 0.717) is 0 Å². The summed E-state index contributed by atoms with van der Waals surface area (Å²) in [6.07, 6.45) is 0. The van der Waals surface area contributed by atoms with Gasteiger partial charge in [-0.3, -0.25) is 0 Å². The molecule has 0 N–H and O–H groups in total. The molecule has 16 heavy (non-hydrogen) atoms. The summed E-state index contributed by atoms with van der Waals surface area (Å²) in [6.45, 7) is 19.0. The summed E-state index contributed by atoms with van der Waals surface area (Å²) in [4.78, 5) is 0. The second-order valence-electron chi connectivity index (χ2n) is 7.60. The standard InChI is InChI=1S/C10H28O2Si4/c1-13(2)9-14(3,4)12-16(7,8)10-15(5,6)11-13/h9-10H2,1-8H3. The van der Waals surface area contributed by atoms with E-state index in [1.165, 1.54) is 11.3 Å². The van der Waals surface area contributed by atoms with Gasteiger partial charge in [0.1, 0.15) is 0 Å². The van der Waals surface area contributed by atoms with E-state index >= 15 is 0 Å². The summed E-state index contributed by atoms with van der Waals surface area (Å²) in [6, 6.07) is 0. The molecule has 1 heterocycles. The van der Waals surface area contributed by atoms with Crippen LogP contribution in [0.3, 0.4) is 0 Å². The second-order valence-corrected chi connectivity index (χ2v) is 26.1. The van der Waals surface area contributed by atoms with Crippen molar-refractivity contribution in [2.45, 2.75) is 63.7 Å². The fourth-order valence-corrected chi connectivity index (χ4v) is 35.8. The molecule has 0 spiro atoms. The van der Waals surface area contributed by atoms with Crippen molar-refractivity contribution in [3.8, 4) is 0 Å². The molecule has 0 bridgehead atoms. The van der Waals surface area contributed by atoms with Gasteiger partial charge < -0.3 is 8.23 Å². The summed E-state index contributed by atoms with van der Waals surface area (Å²) in [5.74, 6) is 0. The first-order valence-corrected chi connectivity index (χ1v) is 18.7. The second kappa shape index (κ2) is 4.17. The third-order valence-corrected chi connectivity index (χ3v) is 25.3. The Morgan fingerprint density at radius 1 is 0.500 bits per heavy atom. The molecule has 0 radical (unpaired) electrons. The van der Waals surface area contributed by atoms with Crippen molar-refractivity contribution in [1.29, 1.82) is 0 Å². The topological polar surface area (TPSA) is 18.5 Å². The molecule has 0 amide bonds. The number of rotatable bonds is 0. The highest BCUT2D eigenvalue weighted by Crippen LogP contribution is 2.35. The van der Waals surface area contributed by atoms with E-state index in [-0.39, 0.29) is 0 Å². The van der Waals surface area contributed by atoms with Crippen LogP contribution in [-0.2, 0) is 8.23 Å². The van der Waals surface area contributed by atoms with Crippen molar-refractivity contribution in [1.82, 2.24) is 0 Å². The first-order chi connectivity index (χ1) is 6.83. The summed E-state index contributed by atoms with van der Waals surface area (Å²) in [5.41, 5.74) is 2.51. The van der Waals surface area contributed by atoms with Crippen molar-refractivity contribution >= 4 is 33.3 Å². The van der Waals surface area contributed by atoms with Gasteiger partial charge in [0.2, 0.25) is 0 Å². The van der Waals surface area contributed by atoms with Gasteiger partial charge in [-0.15, -0.1) is 0 Å². The largest absolute Gasteiger partial charge is 0.456 e. The first kappa shape index (κ1) is 14.8. The van der Waals surface area contributed by atoms with Crippen molar-refractivity contribution in [3.63, 3.8) is 0 Å². The highest BCUT2D eigenvalue weighted by molar-refractivity contribution is 7.02. The minimum atomic E-state index is -1.49. The first-order valence-electron chi connectivity index (χ1n) is 6.23. The Balaban J connectivity index is 2.98. The van der Waals surface area contributed by atoms with Gasteiger partial charge in [0.15, 0.2) is 33.3 Å². The highest BCUT2D eigenvalue weighted by atomic mass is 28.5. The van der Waals surface area contributed by atoms with Gasteiger partial charge in [0, 0.05) is 0 Å². The Morgan fingerprint density at radius 3 is 0.875 bits per heavy atom. The predicted molar refractivity (Wildman–Crippen MR) is 81.7 cm³/mol. The molecule has 6 heteroatoms. The molecule has 2 nitrogen and oxygen atoms in total. The average Bonchev–Trinajstić information content (AvgIpc) is 1.67. The smallest absolute Gasteiger partial charge is 0.173 e. The Kier molecular flexibility index (Phi) is 3.87. The zero-order valence-corrected chi connectivity index (χ0v) is 16.2. The third kappa shape index (κ3) is 4.58. The molecule has 0 aromatic rings. The van der Waals surface area contributed by atoms with Gasteiger partial charge in [0.25, 0.3) is 0 Å². The van der Waals surface area contributed by atoms with Gasteiger partial charge in [-0.05, 0) is 63.7 Å². The Morgan fingerprint density at radius 2 is 0.688 bits per heavy atom. The normalized spacial score (nSPS) is 31.5. The van der Waals surface area contributed by atoms with Gasteiger partial charge >= 0.3 is 0 Å². The van der Waals surface area contributed by atoms with E-state index in [1.54, 1.807) is 0 Å². The van der Waals surface area contributed by atoms with Gasteiger partial charge in [0.05, 0.1) is 0 Å². The van der Waals surface area contributed by atoms with Crippen molar-refractivity contribution in [2.75, 3.05) is 0 Å². The molecule has 1 aliphatic rings. The quantitative estimate of drug-likeness (QED) is 0.630. The third-order valence-electron chi connectivity index (χ3n) is 2.81. The molecule has 0 aromatic carbocycles. The summed E-state index contributed by atoms with van der Waals surface area (Å²) in [5, 5.41) is 0. The lowest BCUT2D eigenvalue weighted by atomic mass is 11.8. The number of hydrogen-bond donors (Lipinski definition) is 0. The molecular weight excluding hydrogens is 264 g/mol. The zero-order chi connectivity index (χ0) is 12.8. The molecule has 1 fully saturated rings. The Labute approximate surface area is 105 Å². The molecule has 96 valence electrons. The van der Waals surface area contributed by atoms with Crippen LogP contribution in [-0.4, -0.2) is 33.3 Å². The fourth-order valence-electron chi connectivity index (χ4n) is 3.69. The Bertz CT molecular complexity index is 202. The molecule has 1 aliphatic heterocycles. The predicted octanol–water partition coefficient (Wildman–Crippen LogP) is 3.93. The van der Waals surface area contributed by atoms with Gasteiger partial charge in [-0.1, -0.05) is 0 Å². The van der Waals surface area contributed by atoms with E-state index < -0.39 is 33.3 Å². The average molecular weight is 293 g/mol. The van der Waals surface area contributed by atoms with Crippen molar-refractivity contribution in [2.24, 2.45) is 0 Å². The molecule has 1 rings (SSSR count). The van der Waals surface area contributed by atoms with Crippen LogP contribution in [0.5, 0.6) is 0 Å². The lowest BCUT2D eigenvalue weighted by Crippen LogP contribution is -2.59. The number of hydrogen-bond acceptors (Lipinski definition) is 2. The van der Waals surface area contributed by atoms with Crippen LogP contribution >= 0.6 is 0 Å². The Hall–Kier alpha value is 0.788. The van der Waals surface area contributed by atoms with Crippen LogP contribution < -0.4 is 0 Å². The van der Waals surface area contributed by atoms with Crippen LogP contribution in [0, 0.1) is 0 Å². The SMILES string of the molecule is C[Si]1(C)C[Si](C)(C)O[Si](C)(C)C[Si](C)(C)O1. The molecule has 0 aromatic heterocycles. The van der Waals surface area contributed by atoms with Crippen LogP contribution in [0.2, 0.25) is 63.7 Å². The van der Waals surface area contributed by atoms with E-state index in [4.69, 9.17) is 8.23 Å². The lowest BCUT2D eigenvalue weighted by molar-refractivity contribution is 0.504. The maximum atomic E-state index is 6.60. The summed E-state index contributed by atoms with van der Waals surface area (Å²) < 4.78 is 13.2. The molecule has 0 unspecified atom stereocenters. The monoisotopic (exact) mass is 292 g/mol. The fraction of sp³-hybridized carbons (Fsp3) is 1.00. The van der Waals surface area contributed by atoms with Crippen LogP contribution in [0.25, 0.3) is 0 Å². The molecule has 1 saturated heterocycles. The molecular formula is C10H28O2Si4. The van der Waals surface area contributed by atoms with Crippen LogP contribution in [0.15, 0.2) is 0 Å². The van der Waals surface area contributed by atoms with Crippen LogP contribution in [0.4, 0.5) is 0 Å². The van der Waals surface area contributed by atoms with E-state index in [0.717, 1.165) is 0 Å². The lowest BCUT2D eigenvalue weighted by Gasteiger charge is -2.46. The van der Waals surface area contributed by atoms with Crippen molar-refractivity contribution < 1.29 is 8.23 Å². The highest BCUT2D eigenvalue weighted by Gasteiger charge is 2.47. The van der Waals surface area contributed by atoms with Crippen molar-refractivity contribution in [3.05, 3.63) is 0 Å². The summed E-state index contributed by atoms with van der Waals surface area (Å²) in [7, 11) is -5.94. The van der Waals surface area contributed by atoms with E-state index in [9.17, 15) is 0 Å². The maximum absolute atomic E-state index is 6.60. The van der Waals surface area contributed by atoms with Gasteiger partial charge in [-0.2, -0.15) is 0 Å². The van der Waals surface area contributed by atoms with Crippen LogP contribution in [0.1, 0.15) is 0 Å². The van der Waals surface area contributed by atoms with E-state index in [1.807, 2.05) is 0 Å². The molecule has 0 aliphatic carbocycles. The molecule has 0 saturated carbocycles. The van der Waals surface area contributed by atoms with E-state index in [2.05, 4.69) is 52.4 Å². The summed E-state index contributed by atoms with van der Waals surface area (Å²) >= 11 is 0. The van der Waals surface area contributed by atoms with Gasteiger partial charge in [-0.25, -0.2) is 0 Å². The minimum Gasteiger partial charge on any atom is -0.456 e.